The molecule has 0 aromatic rings. The van der Waals surface area contributed by atoms with Crippen LogP contribution < -0.4 is 0 Å². The molecule has 1 aliphatic heterocycles. The second kappa shape index (κ2) is 6.89. The summed E-state index contributed by atoms with van der Waals surface area (Å²) in [5.74, 6) is 1.02. The SMILES string of the molecule is CCC1CPCCCCCC1(CC)CC. The first-order valence-electron chi connectivity index (χ1n) is 6.99. The minimum absolute atomic E-state index is 0.700. The minimum atomic E-state index is 0.700. The maximum Gasteiger partial charge on any atom is -0.0271 e. The van der Waals surface area contributed by atoms with E-state index >= 15 is 0 Å². The van der Waals surface area contributed by atoms with Crippen molar-refractivity contribution >= 4 is 8.58 Å². The molecule has 0 aromatic heterocycles. The largest absolute Gasteiger partial charge is 0.122 e. The molecule has 0 aliphatic carbocycles. The molecule has 0 saturated carbocycles. The molecular weight excluding hydrogens is 199 g/mol. The van der Waals surface area contributed by atoms with Crippen LogP contribution in [0, 0.1) is 11.3 Å². The van der Waals surface area contributed by atoms with Crippen LogP contribution in [0.1, 0.15) is 65.7 Å². The highest BCUT2D eigenvalue weighted by molar-refractivity contribution is 7.37. The van der Waals surface area contributed by atoms with E-state index in [1.165, 1.54) is 65.9 Å². The van der Waals surface area contributed by atoms with Crippen molar-refractivity contribution in [3.8, 4) is 0 Å². The summed E-state index contributed by atoms with van der Waals surface area (Å²) in [4.78, 5) is 0. The summed E-state index contributed by atoms with van der Waals surface area (Å²) in [6.45, 7) is 7.26. The van der Waals surface area contributed by atoms with Crippen LogP contribution in [-0.4, -0.2) is 12.3 Å². The van der Waals surface area contributed by atoms with Crippen LogP contribution in [0.15, 0.2) is 0 Å². The first-order chi connectivity index (χ1) is 7.29. The van der Waals surface area contributed by atoms with Crippen LogP contribution in [0.5, 0.6) is 0 Å². The van der Waals surface area contributed by atoms with Crippen molar-refractivity contribution in [1.29, 1.82) is 0 Å². The fourth-order valence-electron chi connectivity index (χ4n) is 3.36. The topological polar surface area (TPSA) is 0 Å². The fourth-order valence-corrected chi connectivity index (χ4v) is 5.13. The van der Waals surface area contributed by atoms with Gasteiger partial charge >= 0.3 is 0 Å². The van der Waals surface area contributed by atoms with Crippen molar-refractivity contribution in [2.45, 2.75) is 65.7 Å². The molecule has 0 spiro atoms. The summed E-state index contributed by atoms with van der Waals surface area (Å²) in [6.07, 6.45) is 13.3. The van der Waals surface area contributed by atoms with Gasteiger partial charge in [-0.3, -0.25) is 0 Å². The highest BCUT2D eigenvalue weighted by atomic mass is 31.1. The predicted molar refractivity (Wildman–Crippen MR) is 73.3 cm³/mol. The van der Waals surface area contributed by atoms with Crippen molar-refractivity contribution in [2.24, 2.45) is 11.3 Å². The van der Waals surface area contributed by atoms with E-state index in [4.69, 9.17) is 0 Å². The molecular formula is C14H29P. The Kier molecular flexibility index (Phi) is 6.20. The third kappa shape index (κ3) is 3.45. The van der Waals surface area contributed by atoms with Gasteiger partial charge < -0.3 is 0 Å². The van der Waals surface area contributed by atoms with Crippen molar-refractivity contribution in [2.75, 3.05) is 12.3 Å². The van der Waals surface area contributed by atoms with E-state index in [2.05, 4.69) is 20.8 Å². The molecule has 1 aliphatic rings. The molecule has 2 atom stereocenters. The summed E-state index contributed by atoms with van der Waals surface area (Å²) in [5, 5.41) is 0. The summed E-state index contributed by atoms with van der Waals surface area (Å²) in [7, 11) is 1.25. The highest BCUT2D eigenvalue weighted by Gasteiger charge is 2.33. The predicted octanol–water partition coefficient (Wildman–Crippen LogP) is 5.07. The zero-order valence-electron chi connectivity index (χ0n) is 10.9. The molecule has 15 heavy (non-hydrogen) atoms. The highest BCUT2D eigenvalue weighted by Crippen LogP contribution is 2.45. The van der Waals surface area contributed by atoms with Gasteiger partial charge in [-0.1, -0.05) is 52.9 Å². The second-order valence-electron chi connectivity index (χ2n) is 5.19. The molecule has 90 valence electrons. The first-order valence-corrected chi connectivity index (χ1v) is 8.41. The van der Waals surface area contributed by atoms with Crippen LogP contribution >= 0.6 is 8.58 Å². The lowest BCUT2D eigenvalue weighted by molar-refractivity contribution is 0.136. The number of hydrogen-bond donors (Lipinski definition) is 0. The van der Waals surface area contributed by atoms with E-state index in [-0.39, 0.29) is 0 Å². The van der Waals surface area contributed by atoms with Crippen LogP contribution in [0.2, 0.25) is 0 Å². The van der Waals surface area contributed by atoms with Gasteiger partial charge in [0.2, 0.25) is 0 Å². The molecule has 0 amide bonds. The number of rotatable bonds is 3. The molecule has 1 fully saturated rings. The molecule has 2 unspecified atom stereocenters. The molecule has 0 N–H and O–H groups in total. The van der Waals surface area contributed by atoms with E-state index in [1.54, 1.807) is 0 Å². The summed E-state index contributed by atoms with van der Waals surface area (Å²) < 4.78 is 0. The molecule has 0 bridgehead atoms. The van der Waals surface area contributed by atoms with Crippen molar-refractivity contribution in [3.63, 3.8) is 0 Å². The normalized spacial score (nSPS) is 29.4. The molecule has 1 saturated heterocycles. The third-order valence-corrected chi connectivity index (χ3v) is 6.17. The standard InChI is InChI=1S/C14H29P/c1-4-13-12-15-11-9-7-8-10-14(13,5-2)6-3/h13,15H,4-12H2,1-3H3. The smallest absolute Gasteiger partial charge is 0.0271 e. The molecule has 1 heteroatoms. The maximum atomic E-state index is 2.42. The number of hydrogen-bond acceptors (Lipinski definition) is 0. The van der Waals surface area contributed by atoms with Gasteiger partial charge in [0.1, 0.15) is 0 Å². The van der Waals surface area contributed by atoms with Crippen LogP contribution in [0.4, 0.5) is 0 Å². The average molecular weight is 228 g/mol. The average Bonchev–Trinajstić information content (AvgIpc) is 2.38. The van der Waals surface area contributed by atoms with Gasteiger partial charge in [-0.05, 0) is 36.5 Å². The Morgan fingerprint density at radius 1 is 1.07 bits per heavy atom. The Bertz CT molecular complexity index is 161. The van der Waals surface area contributed by atoms with E-state index < -0.39 is 0 Å². The van der Waals surface area contributed by atoms with Crippen LogP contribution in [0.3, 0.4) is 0 Å². The van der Waals surface area contributed by atoms with E-state index in [9.17, 15) is 0 Å². The van der Waals surface area contributed by atoms with Crippen molar-refractivity contribution in [1.82, 2.24) is 0 Å². The molecule has 1 heterocycles. The lowest BCUT2D eigenvalue weighted by Gasteiger charge is -2.39. The van der Waals surface area contributed by atoms with Gasteiger partial charge in [0.15, 0.2) is 0 Å². The van der Waals surface area contributed by atoms with E-state index in [0.717, 1.165) is 5.92 Å². The Hall–Kier alpha value is 0.430. The lowest BCUT2D eigenvalue weighted by atomic mass is 9.68. The van der Waals surface area contributed by atoms with Gasteiger partial charge in [-0.25, -0.2) is 0 Å². The third-order valence-electron chi connectivity index (χ3n) is 4.69. The van der Waals surface area contributed by atoms with E-state index in [0.29, 0.717) is 5.41 Å². The summed E-state index contributed by atoms with van der Waals surface area (Å²) in [5.41, 5.74) is 0.700. The monoisotopic (exact) mass is 228 g/mol. The van der Waals surface area contributed by atoms with Gasteiger partial charge in [0.05, 0.1) is 0 Å². The van der Waals surface area contributed by atoms with Crippen molar-refractivity contribution < 1.29 is 0 Å². The first kappa shape index (κ1) is 13.5. The molecule has 1 rings (SSSR count). The quantitative estimate of drug-likeness (QED) is 0.591. The van der Waals surface area contributed by atoms with Crippen LogP contribution in [0.25, 0.3) is 0 Å². The molecule has 0 nitrogen and oxygen atoms in total. The molecule has 0 aromatic carbocycles. The summed E-state index contributed by atoms with van der Waals surface area (Å²) >= 11 is 0. The zero-order valence-corrected chi connectivity index (χ0v) is 11.9. The van der Waals surface area contributed by atoms with Crippen LogP contribution in [-0.2, 0) is 0 Å². The summed E-state index contributed by atoms with van der Waals surface area (Å²) in [6, 6.07) is 0. The van der Waals surface area contributed by atoms with Crippen molar-refractivity contribution in [3.05, 3.63) is 0 Å². The van der Waals surface area contributed by atoms with Gasteiger partial charge in [0.25, 0.3) is 0 Å². The Balaban J connectivity index is 2.72. The maximum absolute atomic E-state index is 2.42. The Morgan fingerprint density at radius 2 is 1.80 bits per heavy atom. The van der Waals surface area contributed by atoms with E-state index in [1.807, 2.05) is 0 Å². The van der Waals surface area contributed by atoms with Gasteiger partial charge in [-0.15, -0.1) is 8.58 Å². The Morgan fingerprint density at radius 3 is 2.40 bits per heavy atom. The lowest BCUT2D eigenvalue weighted by Crippen LogP contribution is -2.30. The van der Waals surface area contributed by atoms with Gasteiger partial charge in [-0.2, -0.15) is 0 Å². The Labute approximate surface area is 98.4 Å². The minimum Gasteiger partial charge on any atom is -0.122 e. The second-order valence-corrected chi connectivity index (χ2v) is 6.60. The van der Waals surface area contributed by atoms with Gasteiger partial charge in [0, 0.05) is 0 Å². The fraction of sp³-hybridized carbons (Fsp3) is 1.00. The zero-order chi connectivity index (χ0) is 11.1. The molecule has 0 radical (unpaired) electrons.